The van der Waals surface area contributed by atoms with Crippen molar-refractivity contribution in [2.24, 2.45) is 5.92 Å². The van der Waals surface area contributed by atoms with Crippen molar-refractivity contribution in [3.05, 3.63) is 0 Å². The van der Waals surface area contributed by atoms with Crippen LogP contribution in [0.4, 0.5) is 0 Å². The first-order chi connectivity index (χ1) is 18.0. The van der Waals surface area contributed by atoms with Crippen LogP contribution in [0.3, 0.4) is 0 Å². The van der Waals surface area contributed by atoms with Gasteiger partial charge in [0.05, 0.1) is 23.4 Å². The Morgan fingerprint density at radius 2 is 1.19 bits per heavy atom. The monoisotopic (exact) mass is 531 g/mol. The van der Waals surface area contributed by atoms with Crippen LogP contribution < -0.4 is 0 Å². The van der Waals surface area contributed by atoms with E-state index in [1.165, 1.54) is 64.2 Å². The van der Waals surface area contributed by atoms with Crippen LogP contribution in [0.15, 0.2) is 0 Å². The topological polar surface area (TPSA) is 42.1 Å². The average Bonchev–Trinajstić information content (AvgIpc) is 3.87. The van der Waals surface area contributed by atoms with Crippen LogP contribution in [0.2, 0.25) is 0 Å². The standard InChI is InChI=1S/C15H26O2.C7H12O.6C2H6/c1-3-13(16)8-6-4-5-7-12-9-10-15(2)14(11-12)17-15;1-7-5-3-2-4-6(7)8-7;6*1-2/h12,14H,3-11H2,1-2H3;6H,2-5H2,1H3;6*1-2H3. The molecule has 37 heavy (non-hydrogen) atoms. The molecule has 0 aromatic rings. The van der Waals surface area contributed by atoms with E-state index in [2.05, 4.69) is 13.8 Å². The lowest BCUT2D eigenvalue weighted by molar-refractivity contribution is -0.118. The van der Waals surface area contributed by atoms with Gasteiger partial charge in [0, 0.05) is 12.8 Å². The molecule has 0 amide bonds. The number of ketones is 1. The Morgan fingerprint density at radius 1 is 0.676 bits per heavy atom. The van der Waals surface area contributed by atoms with E-state index in [-0.39, 0.29) is 5.60 Å². The number of hydrogen-bond acceptors (Lipinski definition) is 3. The SMILES string of the molecule is CC.CC.CC.CC.CC.CC.CC12CCCCC1O2.CCC(=O)CCCCCC1CCC2(C)OC2C1. The normalized spacial score (nSPS) is 28.7. The Bertz CT molecular complexity index is 462. The highest BCUT2D eigenvalue weighted by Crippen LogP contribution is 2.50. The number of rotatable bonds is 7. The molecule has 4 aliphatic rings. The van der Waals surface area contributed by atoms with Crippen LogP contribution in [-0.4, -0.2) is 29.2 Å². The van der Waals surface area contributed by atoms with E-state index in [9.17, 15) is 4.79 Å². The molecule has 0 aromatic heterocycles. The van der Waals surface area contributed by atoms with Crippen molar-refractivity contribution in [1.29, 1.82) is 0 Å². The fraction of sp³-hybridized carbons (Fsp3) is 0.971. The largest absolute Gasteiger partial charge is 0.366 e. The molecular weight excluding hydrogens is 456 g/mol. The van der Waals surface area contributed by atoms with E-state index in [1.54, 1.807) is 0 Å². The number of Topliss-reactive ketones (excluding diaryl/α,β-unsaturated/α-hetero) is 1. The third kappa shape index (κ3) is 19.3. The Morgan fingerprint density at radius 3 is 1.62 bits per heavy atom. The van der Waals surface area contributed by atoms with E-state index in [4.69, 9.17) is 9.47 Å². The summed E-state index contributed by atoms with van der Waals surface area (Å²) in [5, 5.41) is 0. The fourth-order valence-electron chi connectivity index (χ4n) is 4.77. The van der Waals surface area contributed by atoms with Crippen molar-refractivity contribution in [1.82, 2.24) is 0 Å². The third-order valence-corrected chi connectivity index (χ3v) is 7.02. The predicted molar refractivity (Wildman–Crippen MR) is 169 cm³/mol. The first kappa shape index (κ1) is 43.6. The third-order valence-electron chi connectivity index (χ3n) is 7.02. The van der Waals surface area contributed by atoms with Crippen molar-refractivity contribution in [2.45, 2.75) is 211 Å². The van der Waals surface area contributed by atoms with Crippen LogP contribution in [-0.2, 0) is 14.3 Å². The molecule has 2 saturated carbocycles. The summed E-state index contributed by atoms with van der Waals surface area (Å²) in [6, 6.07) is 0. The molecule has 0 aromatic carbocycles. The minimum absolute atomic E-state index is 0.268. The number of fused-ring (bicyclic) bond motifs is 2. The molecule has 4 fully saturated rings. The van der Waals surface area contributed by atoms with Gasteiger partial charge in [-0.15, -0.1) is 0 Å². The maximum atomic E-state index is 11.1. The highest BCUT2D eigenvalue weighted by Gasteiger charge is 2.55. The van der Waals surface area contributed by atoms with E-state index >= 15 is 0 Å². The smallest absolute Gasteiger partial charge is 0.132 e. The maximum Gasteiger partial charge on any atom is 0.132 e. The van der Waals surface area contributed by atoms with Gasteiger partial charge in [-0.2, -0.15) is 0 Å². The summed E-state index contributed by atoms with van der Waals surface area (Å²) in [5.41, 5.74) is 0.613. The highest BCUT2D eigenvalue weighted by molar-refractivity contribution is 5.77. The van der Waals surface area contributed by atoms with Crippen LogP contribution in [0.5, 0.6) is 0 Å². The predicted octanol–water partition coefficient (Wildman–Crippen LogP) is 11.7. The van der Waals surface area contributed by atoms with E-state index < -0.39 is 0 Å². The quantitative estimate of drug-likeness (QED) is 0.243. The van der Waals surface area contributed by atoms with Gasteiger partial charge in [-0.1, -0.05) is 122 Å². The Balaban J connectivity index is -0.000000228. The summed E-state index contributed by atoms with van der Waals surface area (Å²) in [4.78, 5) is 11.1. The number of carbonyl (C=O) groups excluding carboxylic acids is 1. The summed E-state index contributed by atoms with van der Waals surface area (Å²) >= 11 is 0. The van der Waals surface area contributed by atoms with Crippen molar-refractivity contribution in [2.75, 3.05) is 0 Å². The second-order valence-electron chi connectivity index (χ2n) is 9.22. The lowest BCUT2D eigenvalue weighted by atomic mass is 9.80. The van der Waals surface area contributed by atoms with Gasteiger partial charge in [-0.05, 0) is 58.3 Å². The zero-order chi connectivity index (χ0) is 29.9. The lowest BCUT2D eigenvalue weighted by Gasteiger charge is -2.22. The van der Waals surface area contributed by atoms with Gasteiger partial charge in [0.15, 0.2) is 0 Å². The summed E-state index contributed by atoms with van der Waals surface area (Å²) < 4.78 is 11.2. The van der Waals surface area contributed by atoms with E-state index in [0.29, 0.717) is 30.0 Å². The molecule has 2 aliphatic heterocycles. The van der Waals surface area contributed by atoms with Gasteiger partial charge in [0.1, 0.15) is 5.78 Å². The highest BCUT2D eigenvalue weighted by atomic mass is 16.6. The molecule has 5 atom stereocenters. The second-order valence-corrected chi connectivity index (χ2v) is 9.22. The van der Waals surface area contributed by atoms with Crippen LogP contribution in [0, 0.1) is 5.92 Å². The zero-order valence-electron chi connectivity index (χ0n) is 28.6. The number of unbranched alkanes of at least 4 members (excludes halogenated alkanes) is 2. The minimum Gasteiger partial charge on any atom is -0.366 e. The van der Waals surface area contributed by atoms with Gasteiger partial charge >= 0.3 is 0 Å². The fourth-order valence-corrected chi connectivity index (χ4v) is 4.77. The average molecular weight is 531 g/mol. The molecule has 2 saturated heterocycles. The molecule has 0 N–H and O–H groups in total. The van der Waals surface area contributed by atoms with Gasteiger partial charge in [-0.25, -0.2) is 0 Å². The van der Waals surface area contributed by atoms with Crippen molar-refractivity contribution in [3.8, 4) is 0 Å². The maximum absolute atomic E-state index is 11.1. The van der Waals surface area contributed by atoms with Gasteiger partial charge in [0.25, 0.3) is 0 Å². The summed E-state index contributed by atoms with van der Waals surface area (Å²) in [5.74, 6) is 1.31. The molecule has 3 nitrogen and oxygen atoms in total. The molecule has 0 radical (unpaired) electrons. The zero-order valence-corrected chi connectivity index (χ0v) is 28.6. The Hall–Kier alpha value is -0.410. The molecule has 4 rings (SSSR count). The first-order valence-electron chi connectivity index (χ1n) is 16.8. The van der Waals surface area contributed by atoms with Gasteiger partial charge in [-0.3, -0.25) is 4.79 Å². The number of ether oxygens (including phenoxy) is 2. The van der Waals surface area contributed by atoms with Crippen LogP contribution >= 0.6 is 0 Å². The molecule has 2 heterocycles. The second kappa shape index (κ2) is 28.6. The van der Waals surface area contributed by atoms with Crippen molar-refractivity contribution >= 4 is 5.78 Å². The van der Waals surface area contributed by atoms with Crippen molar-refractivity contribution in [3.63, 3.8) is 0 Å². The minimum atomic E-state index is 0.268. The first-order valence-corrected chi connectivity index (χ1v) is 16.8. The molecule has 5 unspecified atom stereocenters. The molecule has 228 valence electrons. The number of epoxide rings is 2. The molecule has 0 spiro atoms. The molecule has 2 aliphatic carbocycles. The van der Waals surface area contributed by atoms with Crippen LogP contribution in [0.25, 0.3) is 0 Å². The Kier molecular flexibility index (Phi) is 33.7. The summed E-state index contributed by atoms with van der Waals surface area (Å²) in [6.45, 7) is 30.4. The van der Waals surface area contributed by atoms with Gasteiger partial charge < -0.3 is 9.47 Å². The molecular formula is C34H74O3. The van der Waals surface area contributed by atoms with E-state index in [1.807, 2.05) is 90.0 Å². The number of carbonyl (C=O) groups is 1. The summed E-state index contributed by atoms with van der Waals surface area (Å²) in [7, 11) is 0. The number of hydrogen-bond donors (Lipinski definition) is 0. The van der Waals surface area contributed by atoms with E-state index in [0.717, 1.165) is 18.8 Å². The molecule has 3 heteroatoms. The van der Waals surface area contributed by atoms with Gasteiger partial charge in [0.2, 0.25) is 0 Å². The summed E-state index contributed by atoms with van der Waals surface area (Å²) in [6.07, 6.45) is 17.0. The Labute approximate surface area is 236 Å². The van der Waals surface area contributed by atoms with Crippen LogP contribution in [0.1, 0.15) is 187 Å². The lowest BCUT2D eigenvalue weighted by Crippen LogP contribution is -2.21. The molecule has 0 bridgehead atoms. The van der Waals surface area contributed by atoms with Crippen molar-refractivity contribution < 1.29 is 14.3 Å².